The molecule has 3 rings (SSSR count). The standard InChI is InChI=1S/C29H23F9N2O5/c30-26(31,27(32,33)28(34,35)29(36,37)38)9-10-44-22-7-3-18(4-8-22)25(43)45-23-5-1-16(2-6-23)11-19(24(41)42)12-17-13-20(39)15-21(40)14-17/h1-8,11,13-15H,9-10,12,39-40H2,(H,41,42). The number of aliphatic carboxylic acids is 1. The van der Waals surface area contributed by atoms with E-state index in [1.165, 1.54) is 36.4 Å². The highest BCUT2D eigenvalue weighted by molar-refractivity contribution is 5.93. The number of nitrogens with two attached hydrogens (primary N) is 2. The maximum atomic E-state index is 13.6. The number of ether oxygens (including phenoxy) is 2. The number of hydrogen-bond acceptors (Lipinski definition) is 6. The maximum Gasteiger partial charge on any atom is 0.460 e. The first kappa shape index (κ1) is 34.6. The summed E-state index contributed by atoms with van der Waals surface area (Å²) in [6, 6.07) is 14.6. The zero-order valence-corrected chi connectivity index (χ0v) is 22.7. The normalized spacial score (nSPS) is 13.0. The molecule has 0 atom stereocenters. The summed E-state index contributed by atoms with van der Waals surface area (Å²) in [5.74, 6) is -21.8. The van der Waals surface area contributed by atoms with Crippen molar-refractivity contribution < 1.29 is 63.7 Å². The van der Waals surface area contributed by atoms with Crippen LogP contribution in [0.5, 0.6) is 11.5 Å². The molecule has 0 heterocycles. The SMILES string of the molecule is Nc1cc(N)cc(CC(=Cc2ccc(OC(=O)c3ccc(OCCC(F)(F)C(F)(F)C(F)(F)C(F)(F)F)cc3)cc2)C(=O)O)c1. The summed E-state index contributed by atoms with van der Waals surface area (Å²) in [5.41, 5.74) is 13.2. The largest absolute Gasteiger partial charge is 0.493 e. The molecule has 0 saturated heterocycles. The summed E-state index contributed by atoms with van der Waals surface area (Å²) in [7, 11) is 0. The number of anilines is 2. The van der Waals surface area contributed by atoms with Gasteiger partial charge in [-0.15, -0.1) is 0 Å². The second kappa shape index (κ2) is 13.0. The number of nitrogen functional groups attached to an aromatic ring is 2. The molecule has 0 spiro atoms. The number of carbonyl (C=O) groups is 2. The fourth-order valence-electron chi connectivity index (χ4n) is 3.80. The first-order valence-corrected chi connectivity index (χ1v) is 12.6. The third-order valence-electron chi connectivity index (χ3n) is 6.12. The monoisotopic (exact) mass is 650 g/mol. The number of alkyl halides is 9. The Balaban J connectivity index is 1.59. The lowest BCUT2D eigenvalue weighted by Crippen LogP contribution is -2.61. The molecule has 0 unspecified atom stereocenters. The molecule has 3 aromatic carbocycles. The van der Waals surface area contributed by atoms with E-state index in [0.29, 0.717) is 22.5 Å². The summed E-state index contributed by atoms with van der Waals surface area (Å²) in [5, 5.41) is 9.59. The van der Waals surface area contributed by atoms with Crippen molar-refractivity contribution in [3.63, 3.8) is 0 Å². The minimum Gasteiger partial charge on any atom is -0.493 e. The summed E-state index contributed by atoms with van der Waals surface area (Å²) in [6.07, 6.45) is -7.68. The summed E-state index contributed by atoms with van der Waals surface area (Å²) < 4.78 is 126. The fourth-order valence-corrected chi connectivity index (χ4v) is 3.80. The van der Waals surface area contributed by atoms with Crippen LogP contribution in [0, 0.1) is 0 Å². The topological polar surface area (TPSA) is 125 Å². The lowest BCUT2D eigenvalue weighted by molar-refractivity contribution is -0.397. The molecule has 3 aromatic rings. The predicted octanol–water partition coefficient (Wildman–Crippen LogP) is 7.02. The smallest absolute Gasteiger partial charge is 0.460 e. The van der Waals surface area contributed by atoms with Crippen molar-refractivity contribution in [2.24, 2.45) is 0 Å². The Kier molecular flexibility index (Phi) is 9.99. The molecule has 0 aliphatic rings. The molecule has 0 saturated carbocycles. The average Bonchev–Trinajstić information content (AvgIpc) is 2.92. The molecule has 0 amide bonds. The van der Waals surface area contributed by atoms with Gasteiger partial charge in [0.15, 0.2) is 0 Å². The Morgan fingerprint density at radius 1 is 0.756 bits per heavy atom. The van der Waals surface area contributed by atoms with Gasteiger partial charge < -0.3 is 26.0 Å². The van der Waals surface area contributed by atoms with E-state index in [1.54, 1.807) is 12.1 Å². The van der Waals surface area contributed by atoms with Gasteiger partial charge in [0.2, 0.25) is 0 Å². The highest BCUT2D eigenvalue weighted by Crippen LogP contribution is 2.54. The lowest BCUT2D eigenvalue weighted by Gasteiger charge is -2.33. The Morgan fingerprint density at radius 2 is 1.29 bits per heavy atom. The van der Waals surface area contributed by atoms with E-state index in [4.69, 9.17) is 20.9 Å². The third-order valence-corrected chi connectivity index (χ3v) is 6.12. The number of carbonyl (C=O) groups excluding carboxylic acids is 1. The van der Waals surface area contributed by atoms with Crippen molar-refractivity contribution in [1.82, 2.24) is 0 Å². The number of carboxylic acids is 1. The van der Waals surface area contributed by atoms with E-state index in [-0.39, 0.29) is 29.1 Å². The van der Waals surface area contributed by atoms with Gasteiger partial charge in [-0.3, -0.25) is 0 Å². The van der Waals surface area contributed by atoms with Crippen LogP contribution in [0.4, 0.5) is 50.9 Å². The maximum absolute atomic E-state index is 13.6. The molecule has 5 N–H and O–H groups in total. The number of rotatable bonds is 12. The number of benzene rings is 3. The van der Waals surface area contributed by atoms with Gasteiger partial charge in [0.1, 0.15) is 11.5 Å². The fraction of sp³-hybridized carbons (Fsp3) is 0.241. The molecule has 0 radical (unpaired) electrons. The molecule has 0 fully saturated rings. The van der Waals surface area contributed by atoms with Gasteiger partial charge in [-0.25, -0.2) is 9.59 Å². The van der Waals surface area contributed by atoms with E-state index < -0.39 is 48.9 Å². The first-order chi connectivity index (χ1) is 20.7. The second-order valence-corrected chi connectivity index (χ2v) is 9.59. The summed E-state index contributed by atoms with van der Waals surface area (Å²) >= 11 is 0. The van der Waals surface area contributed by atoms with Crippen LogP contribution >= 0.6 is 0 Å². The Morgan fingerprint density at radius 3 is 1.80 bits per heavy atom. The molecule has 16 heteroatoms. The molecular weight excluding hydrogens is 627 g/mol. The molecule has 0 aromatic heterocycles. The lowest BCUT2D eigenvalue weighted by atomic mass is 10.0. The molecule has 7 nitrogen and oxygen atoms in total. The molecular formula is C29H23F9N2O5. The van der Waals surface area contributed by atoms with E-state index >= 15 is 0 Å². The Labute approximate surface area is 248 Å². The Bertz CT molecular complexity index is 1540. The minimum absolute atomic E-state index is 0.0173. The van der Waals surface area contributed by atoms with Crippen LogP contribution in [0.1, 0.15) is 27.9 Å². The van der Waals surface area contributed by atoms with Gasteiger partial charge in [0.25, 0.3) is 0 Å². The van der Waals surface area contributed by atoms with E-state index in [0.717, 1.165) is 24.3 Å². The number of hydrogen-bond donors (Lipinski definition) is 3. The highest BCUT2D eigenvalue weighted by atomic mass is 19.4. The van der Waals surface area contributed by atoms with Crippen molar-refractivity contribution in [1.29, 1.82) is 0 Å². The molecule has 0 bridgehead atoms. The number of esters is 1. The molecule has 0 aliphatic heterocycles. The van der Waals surface area contributed by atoms with Gasteiger partial charge in [0, 0.05) is 23.4 Å². The molecule has 242 valence electrons. The van der Waals surface area contributed by atoms with Gasteiger partial charge >= 0.3 is 35.9 Å². The van der Waals surface area contributed by atoms with Crippen LogP contribution in [-0.2, 0) is 11.2 Å². The van der Waals surface area contributed by atoms with Gasteiger partial charge in [-0.2, -0.15) is 39.5 Å². The van der Waals surface area contributed by atoms with Crippen LogP contribution in [-0.4, -0.2) is 47.6 Å². The van der Waals surface area contributed by atoms with Crippen molar-refractivity contribution in [3.8, 4) is 11.5 Å². The average molecular weight is 650 g/mol. The van der Waals surface area contributed by atoms with Gasteiger partial charge in [0.05, 0.1) is 18.6 Å². The minimum atomic E-state index is -6.99. The highest BCUT2D eigenvalue weighted by Gasteiger charge is 2.81. The van der Waals surface area contributed by atoms with Gasteiger partial charge in [-0.05, 0) is 71.8 Å². The number of carboxylic acid groups (broad SMARTS) is 1. The second-order valence-electron chi connectivity index (χ2n) is 9.59. The predicted molar refractivity (Wildman–Crippen MR) is 143 cm³/mol. The third kappa shape index (κ3) is 8.19. The summed E-state index contributed by atoms with van der Waals surface area (Å²) in [6.45, 7) is -1.36. The quantitative estimate of drug-likeness (QED) is 0.0633. The van der Waals surface area contributed by atoms with E-state index in [1.807, 2.05) is 0 Å². The zero-order valence-electron chi connectivity index (χ0n) is 22.7. The number of halogens is 9. The van der Waals surface area contributed by atoms with Gasteiger partial charge in [-0.1, -0.05) is 12.1 Å². The van der Waals surface area contributed by atoms with Crippen molar-refractivity contribution in [3.05, 3.63) is 89.0 Å². The molecule has 45 heavy (non-hydrogen) atoms. The van der Waals surface area contributed by atoms with Crippen molar-refractivity contribution in [2.45, 2.75) is 36.8 Å². The van der Waals surface area contributed by atoms with E-state index in [9.17, 15) is 54.2 Å². The van der Waals surface area contributed by atoms with Crippen LogP contribution in [0.15, 0.2) is 72.3 Å². The van der Waals surface area contributed by atoms with Crippen LogP contribution < -0.4 is 20.9 Å². The van der Waals surface area contributed by atoms with Crippen LogP contribution in [0.2, 0.25) is 0 Å². The Hall–Kier alpha value is -4.89. The van der Waals surface area contributed by atoms with Crippen LogP contribution in [0.25, 0.3) is 6.08 Å². The summed E-state index contributed by atoms with van der Waals surface area (Å²) in [4.78, 5) is 24.2. The zero-order chi connectivity index (χ0) is 33.8. The van der Waals surface area contributed by atoms with Crippen LogP contribution in [0.3, 0.4) is 0 Å². The van der Waals surface area contributed by atoms with Crippen molar-refractivity contribution >= 4 is 29.4 Å². The first-order valence-electron chi connectivity index (χ1n) is 12.6. The van der Waals surface area contributed by atoms with Crippen molar-refractivity contribution in [2.75, 3.05) is 18.1 Å². The molecule has 0 aliphatic carbocycles. The van der Waals surface area contributed by atoms with E-state index in [2.05, 4.69) is 0 Å².